The first-order valence-corrected chi connectivity index (χ1v) is 10.6. The van der Waals surface area contributed by atoms with E-state index >= 15 is 0 Å². The standard InChI is InChI=1S/C22H22F3N7O3/c1-31-16-10-27-18(26-8-7-22(23,24)25)9-17(16)35-12-15(21(31)34)29-20(33)19-28-13-32(30-19)11-14-5-3-2-4-6-14/h2-6,9-10,13,15H,7-8,11-12H2,1H3,(H,26,27)(H,29,33)/t15-/m0/s1. The Morgan fingerprint density at radius 1 is 1.23 bits per heavy atom. The summed E-state index contributed by atoms with van der Waals surface area (Å²) >= 11 is 0. The van der Waals surface area contributed by atoms with Crippen LogP contribution in [-0.4, -0.2) is 64.0 Å². The van der Waals surface area contributed by atoms with Gasteiger partial charge in [0.25, 0.3) is 11.8 Å². The number of carbonyl (C=O) groups excluding carboxylic acids is 2. The fraction of sp³-hybridized carbons (Fsp3) is 0.318. The van der Waals surface area contributed by atoms with Crippen molar-refractivity contribution < 1.29 is 27.5 Å². The van der Waals surface area contributed by atoms with Crippen LogP contribution in [-0.2, 0) is 11.3 Å². The summed E-state index contributed by atoms with van der Waals surface area (Å²) in [6.07, 6.45) is -2.57. The number of hydrogen-bond acceptors (Lipinski definition) is 7. The van der Waals surface area contributed by atoms with Crippen LogP contribution in [0.15, 0.2) is 48.9 Å². The van der Waals surface area contributed by atoms with E-state index in [1.54, 1.807) is 0 Å². The van der Waals surface area contributed by atoms with Crippen molar-refractivity contribution in [2.24, 2.45) is 0 Å². The van der Waals surface area contributed by atoms with Gasteiger partial charge < -0.3 is 20.3 Å². The molecule has 1 aromatic carbocycles. The molecule has 13 heteroatoms. The summed E-state index contributed by atoms with van der Waals surface area (Å²) in [6.45, 7) is -0.123. The molecule has 0 radical (unpaired) electrons. The van der Waals surface area contributed by atoms with E-state index in [0.717, 1.165) is 5.56 Å². The maximum absolute atomic E-state index is 12.9. The number of anilines is 2. The van der Waals surface area contributed by atoms with Crippen LogP contribution in [0.1, 0.15) is 22.6 Å². The van der Waals surface area contributed by atoms with Crippen molar-refractivity contribution in [3.63, 3.8) is 0 Å². The topological polar surface area (TPSA) is 114 Å². The van der Waals surface area contributed by atoms with Crippen molar-refractivity contribution in [3.05, 3.63) is 60.3 Å². The van der Waals surface area contributed by atoms with Gasteiger partial charge in [-0.2, -0.15) is 13.2 Å². The highest BCUT2D eigenvalue weighted by Gasteiger charge is 2.32. The van der Waals surface area contributed by atoms with Crippen molar-refractivity contribution in [1.29, 1.82) is 0 Å². The molecule has 0 spiro atoms. The molecule has 0 bridgehead atoms. The maximum Gasteiger partial charge on any atom is 0.390 e. The highest BCUT2D eigenvalue weighted by molar-refractivity contribution is 6.02. The molecule has 10 nitrogen and oxygen atoms in total. The third kappa shape index (κ3) is 6.05. The normalized spacial score (nSPS) is 15.7. The smallest absolute Gasteiger partial charge is 0.390 e. The van der Waals surface area contributed by atoms with Crippen LogP contribution >= 0.6 is 0 Å². The Kier molecular flexibility index (Phi) is 6.85. The predicted molar refractivity (Wildman–Crippen MR) is 119 cm³/mol. The Balaban J connectivity index is 1.39. The Hall–Kier alpha value is -4.16. The molecule has 35 heavy (non-hydrogen) atoms. The highest BCUT2D eigenvalue weighted by Crippen LogP contribution is 2.32. The maximum atomic E-state index is 12.9. The van der Waals surface area contributed by atoms with Crippen LogP contribution in [0.4, 0.5) is 24.7 Å². The summed E-state index contributed by atoms with van der Waals surface area (Å²) in [7, 11) is 1.49. The van der Waals surface area contributed by atoms with E-state index in [1.807, 2.05) is 30.3 Å². The summed E-state index contributed by atoms with van der Waals surface area (Å²) in [5.74, 6) is -0.793. The Morgan fingerprint density at radius 2 is 2.00 bits per heavy atom. The fourth-order valence-electron chi connectivity index (χ4n) is 3.39. The van der Waals surface area contributed by atoms with Crippen molar-refractivity contribution in [3.8, 4) is 5.75 Å². The van der Waals surface area contributed by atoms with Gasteiger partial charge in [-0.15, -0.1) is 5.10 Å². The number of carbonyl (C=O) groups is 2. The van der Waals surface area contributed by atoms with Crippen LogP contribution in [0.3, 0.4) is 0 Å². The molecule has 4 rings (SSSR count). The molecule has 1 aliphatic heterocycles. The van der Waals surface area contributed by atoms with Gasteiger partial charge in [-0.25, -0.2) is 14.6 Å². The lowest BCUT2D eigenvalue weighted by Crippen LogP contribution is -2.49. The van der Waals surface area contributed by atoms with Crippen molar-refractivity contribution in [2.45, 2.75) is 25.2 Å². The molecule has 3 heterocycles. The van der Waals surface area contributed by atoms with E-state index in [4.69, 9.17) is 4.74 Å². The molecule has 1 atom stereocenters. The lowest BCUT2D eigenvalue weighted by molar-refractivity contribution is -0.131. The molecule has 0 saturated heterocycles. The minimum Gasteiger partial charge on any atom is -0.488 e. The lowest BCUT2D eigenvalue weighted by atomic mass is 10.2. The number of nitrogens with one attached hydrogen (secondary N) is 2. The van der Waals surface area contributed by atoms with Gasteiger partial charge in [0.1, 0.15) is 36.2 Å². The molecular weight excluding hydrogens is 467 g/mol. The second-order valence-electron chi connectivity index (χ2n) is 7.81. The van der Waals surface area contributed by atoms with Gasteiger partial charge in [0, 0.05) is 19.7 Å². The quantitative estimate of drug-likeness (QED) is 0.523. The zero-order valence-corrected chi connectivity index (χ0v) is 18.6. The minimum absolute atomic E-state index is 0.101. The Bertz CT molecular complexity index is 1200. The van der Waals surface area contributed by atoms with Crippen LogP contribution in [0.5, 0.6) is 5.75 Å². The number of rotatable bonds is 7. The van der Waals surface area contributed by atoms with Crippen molar-refractivity contribution in [1.82, 2.24) is 25.1 Å². The van der Waals surface area contributed by atoms with Crippen molar-refractivity contribution >= 4 is 23.3 Å². The van der Waals surface area contributed by atoms with E-state index in [-0.39, 0.29) is 30.5 Å². The SMILES string of the molecule is CN1C(=O)[C@@H](NC(=O)c2ncn(Cc3ccccc3)n2)COc2cc(NCCC(F)(F)F)ncc21. The van der Waals surface area contributed by atoms with Gasteiger partial charge in [0.15, 0.2) is 0 Å². The molecule has 0 aliphatic carbocycles. The number of aromatic nitrogens is 4. The molecule has 184 valence electrons. The lowest BCUT2D eigenvalue weighted by Gasteiger charge is -2.19. The number of halogens is 3. The summed E-state index contributed by atoms with van der Waals surface area (Å²) in [4.78, 5) is 34.9. The Labute approximate surface area is 198 Å². The zero-order chi connectivity index (χ0) is 25.0. The highest BCUT2D eigenvalue weighted by atomic mass is 19.4. The number of nitrogens with zero attached hydrogens (tertiary/aromatic N) is 5. The average molecular weight is 489 g/mol. The second kappa shape index (κ2) is 9.99. The molecular formula is C22H22F3N7O3. The molecule has 0 unspecified atom stereocenters. The number of alkyl halides is 3. The van der Waals surface area contributed by atoms with Gasteiger partial charge >= 0.3 is 6.18 Å². The molecule has 1 aliphatic rings. The molecule has 0 fully saturated rings. The van der Waals surface area contributed by atoms with E-state index < -0.39 is 30.5 Å². The van der Waals surface area contributed by atoms with Gasteiger partial charge in [-0.05, 0) is 5.56 Å². The van der Waals surface area contributed by atoms with Crippen LogP contribution in [0.25, 0.3) is 0 Å². The number of fused-ring (bicyclic) bond motifs is 1. The number of hydrogen-bond donors (Lipinski definition) is 2. The number of likely N-dealkylation sites (N-methyl/N-ethyl adjacent to an activating group) is 1. The molecule has 2 amide bonds. The first-order chi connectivity index (χ1) is 16.7. The predicted octanol–water partition coefficient (Wildman–Crippen LogP) is 2.24. The number of pyridine rings is 1. The zero-order valence-electron chi connectivity index (χ0n) is 18.6. The third-order valence-corrected chi connectivity index (χ3v) is 5.19. The summed E-state index contributed by atoms with van der Waals surface area (Å²) in [5, 5.41) is 9.32. The average Bonchev–Trinajstić information content (AvgIpc) is 3.25. The van der Waals surface area contributed by atoms with Crippen LogP contribution < -0.4 is 20.3 Å². The summed E-state index contributed by atoms with van der Waals surface area (Å²) in [6, 6.07) is 9.89. The Morgan fingerprint density at radius 3 is 2.74 bits per heavy atom. The largest absolute Gasteiger partial charge is 0.488 e. The molecule has 3 aromatic rings. The van der Waals surface area contributed by atoms with E-state index in [0.29, 0.717) is 12.2 Å². The summed E-state index contributed by atoms with van der Waals surface area (Å²) < 4.78 is 44.3. The molecule has 2 N–H and O–H groups in total. The monoisotopic (exact) mass is 489 g/mol. The van der Waals surface area contributed by atoms with E-state index in [2.05, 4.69) is 25.7 Å². The van der Waals surface area contributed by atoms with E-state index in [1.165, 1.54) is 35.2 Å². The van der Waals surface area contributed by atoms with Gasteiger partial charge in [-0.1, -0.05) is 30.3 Å². The molecule has 0 saturated carbocycles. The fourth-order valence-corrected chi connectivity index (χ4v) is 3.39. The second-order valence-corrected chi connectivity index (χ2v) is 7.81. The van der Waals surface area contributed by atoms with Crippen LogP contribution in [0, 0.1) is 0 Å². The van der Waals surface area contributed by atoms with Gasteiger partial charge in [0.05, 0.1) is 19.2 Å². The summed E-state index contributed by atoms with van der Waals surface area (Å²) in [5.41, 5.74) is 1.30. The first-order valence-electron chi connectivity index (χ1n) is 10.6. The van der Waals surface area contributed by atoms with Gasteiger partial charge in [-0.3, -0.25) is 9.59 Å². The van der Waals surface area contributed by atoms with Crippen LogP contribution in [0.2, 0.25) is 0 Å². The molecule has 2 aromatic heterocycles. The number of amides is 2. The van der Waals surface area contributed by atoms with E-state index in [9.17, 15) is 22.8 Å². The van der Waals surface area contributed by atoms with Gasteiger partial charge in [0.2, 0.25) is 5.82 Å². The number of benzene rings is 1. The first kappa shape index (κ1) is 24.0. The minimum atomic E-state index is -4.29. The third-order valence-electron chi connectivity index (χ3n) is 5.19. The van der Waals surface area contributed by atoms with Crippen molar-refractivity contribution in [2.75, 3.05) is 30.4 Å². The number of ether oxygens (including phenoxy) is 1.